The number of rotatable bonds is 4. The highest BCUT2D eigenvalue weighted by Crippen LogP contribution is 2.32. The third kappa shape index (κ3) is 2.91. The molecule has 0 fully saturated rings. The summed E-state index contributed by atoms with van der Waals surface area (Å²) in [5.41, 5.74) is 1.08. The molecule has 0 aliphatic heterocycles. The predicted octanol–water partition coefficient (Wildman–Crippen LogP) is 3.39. The first-order valence-corrected chi connectivity index (χ1v) is 6.20. The second-order valence-corrected chi connectivity index (χ2v) is 5.06. The molecule has 4 heteroatoms. The summed E-state index contributed by atoms with van der Waals surface area (Å²) >= 11 is 1.63. The Morgan fingerprint density at radius 1 is 1.47 bits per heavy atom. The maximum Gasteiger partial charge on any atom is 0.303 e. The lowest BCUT2D eigenvalue weighted by molar-refractivity contribution is -0.137. The number of hydrogen-bond donors (Lipinski definition) is 1. The second-order valence-electron chi connectivity index (χ2n) is 3.94. The van der Waals surface area contributed by atoms with Crippen LogP contribution < -0.4 is 0 Å². The van der Waals surface area contributed by atoms with E-state index in [0.29, 0.717) is 0 Å². The standard InChI is InChI=1S/C13H13NO2S/c1-9(7-13(15)16)11-4-5-12(17-11)10-3-2-6-14-8-10/h2-6,8-9H,7H2,1H3,(H,15,16). The third-order valence-electron chi connectivity index (χ3n) is 2.54. The van der Waals surface area contributed by atoms with Crippen molar-refractivity contribution in [3.8, 4) is 10.4 Å². The molecule has 2 heterocycles. The summed E-state index contributed by atoms with van der Waals surface area (Å²) in [6.45, 7) is 1.94. The van der Waals surface area contributed by atoms with Gasteiger partial charge in [0.15, 0.2) is 0 Å². The van der Waals surface area contributed by atoms with Gasteiger partial charge in [-0.05, 0) is 18.2 Å². The number of carbonyl (C=O) groups is 1. The molecule has 88 valence electrons. The van der Waals surface area contributed by atoms with Crippen LogP contribution >= 0.6 is 11.3 Å². The zero-order valence-corrected chi connectivity index (χ0v) is 10.3. The topological polar surface area (TPSA) is 50.2 Å². The smallest absolute Gasteiger partial charge is 0.303 e. The van der Waals surface area contributed by atoms with E-state index in [-0.39, 0.29) is 12.3 Å². The first kappa shape index (κ1) is 11.8. The van der Waals surface area contributed by atoms with Crippen LogP contribution in [0.5, 0.6) is 0 Å². The lowest BCUT2D eigenvalue weighted by Crippen LogP contribution is -2.00. The SMILES string of the molecule is CC(CC(=O)O)c1ccc(-c2cccnc2)s1. The van der Waals surface area contributed by atoms with Gasteiger partial charge in [-0.1, -0.05) is 13.0 Å². The molecule has 1 unspecified atom stereocenters. The third-order valence-corrected chi connectivity index (χ3v) is 3.91. The predicted molar refractivity (Wildman–Crippen MR) is 68.2 cm³/mol. The van der Waals surface area contributed by atoms with Crippen molar-refractivity contribution in [1.82, 2.24) is 4.98 Å². The fourth-order valence-electron chi connectivity index (χ4n) is 1.64. The Kier molecular flexibility index (Phi) is 3.54. The van der Waals surface area contributed by atoms with Gasteiger partial charge >= 0.3 is 5.97 Å². The van der Waals surface area contributed by atoms with E-state index in [2.05, 4.69) is 4.98 Å². The number of pyridine rings is 1. The van der Waals surface area contributed by atoms with E-state index in [1.165, 1.54) is 0 Å². The Bertz CT molecular complexity index is 507. The summed E-state index contributed by atoms with van der Waals surface area (Å²) in [6.07, 6.45) is 3.73. The lowest BCUT2D eigenvalue weighted by atomic mass is 10.1. The molecule has 0 radical (unpaired) electrons. The average Bonchev–Trinajstić information content (AvgIpc) is 2.78. The van der Waals surface area contributed by atoms with Crippen molar-refractivity contribution in [1.29, 1.82) is 0 Å². The number of hydrogen-bond acceptors (Lipinski definition) is 3. The molecule has 0 amide bonds. The van der Waals surface area contributed by atoms with Crippen molar-refractivity contribution in [3.63, 3.8) is 0 Å². The van der Waals surface area contributed by atoms with Crippen molar-refractivity contribution in [2.24, 2.45) is 0 Å². The normalized spacial score (nSPS) is 12.3. The molecule has 3 nitrogen and oxygen atoms in total. The number of carboxylic acids is 1. The molecule has 0 saturated heterocycles. The molecule has 0 aliphatic rings. The van der Waals surface area contributed by atoms with Crippen LogP contribution in [-0.2, 0) is 4.79 Å². The van der Waals surface area contributed by atoms with Gasteiger partial charge in [-0.15, -0.1) is 11.3 Å². The average molecular weight is 247 g/mol. The molecule has 0 aromatic carbocycles. The van der Waals surface area contributed by atoms with Crippen LogP contribution in [0.25, 0.3) is 10.4 Å². The summed E-state index contributed by atoms with van der Waals surface area (Å²) in [5.74, 6) is -0.697. The monoisotopic (exact) mass is 247 g/mol. The molecule has 2 rings (SSSR count). The second kappa shape index (κ2) is 5.10. The minimum absolute atomic E-state index is 0.0583. The van der Waals surface area contributed by atoms with Crippen LogP contribution in [-0.4, -0.2) is 16.1 Å². The largest absolute Gasteiger partial charge is 0.481 e. The lowest BCUT2D eigenvalue weighted by Gasteiger charge is -2.04. The summed E-state index contributed by atoms with van der Waals surface area (Å²) in [7, 11) is 0. The zero-order valence-electron chi connectivity index (χ0n) is 9.46. The minimum atomic E-state index is -0.756. The minimum Gasteiger partial charge on any atom is -0.481 e. The molecule has 0 bridgehead atoms. The molecule has 0 aliphatic carbocycles. The highest BCUT2D eigenvalue weighted by atomic mass is 32.1. The Balaban J connectivity index is 2.19. The molecule has 2 aromatic rings. The Morgan fingerprint density at radius 3 is 2.94 bits per heavy atom. The maximum atomic E-state index is 10.7. The number of nitrogens with zero attached hydrogens (tertiary/aromatic N) is 1. The van der Waals surface area contributed by atoms with Gasteiger partial charge in [0.2, 0.25) is 0 Å². The van der Waals surface area contributed by atoms with Crippen LogP contribution in [0.2, 0.25) is 0 Å². The van der Waals surface area contributed by atoms with Crippen LogP contribution in [0.4, 0.5) is 0 Å². The number of aromatic nitrogens is 1. The highest BCUT2D eigenvalue weighted by molar-refractivity contribution is 7.15. The van der Waals surface area contributed by atoms with Crippen molar-refractivity contribution in [2.45, 2.75) is 19.3 Å². The van der Waals surface area contributed by atoms with Crippen molar-refractivity contribution < 1.29 is 9.90 Å². The van der Waals surface area contributed by atoms with Crippen LogP contribution in [0.3, 0.4) is 0 Å². The van der Waals surface area contributed by atoms with E-state index in [0.717, 1.165) is 15.3 Å². The molecule has 1 N–H and O–H groups in total. The molecular formula is C13H13NO2S. The molecule has 0 spiro atoms. The fraction of sp³-hybridized carbons (Fsp3) is 0.231. The zero-order chi connectivity index (χ0) is 12.3. The van der Waals surface area contributed by atoms with Gasteiger partial charge in [0, 0.05) is 33.6 Å². The summed E-state index contributed by atoms with van der Waals surface area (Å²) in [5, 5.41) is 8.76. The first-order chi connectivity index (χ1) is 8.16. The van der Waals surface area contributed by atoms with Crippen LogP contribution in [0, 0.1) is 0 Å². The molecule has 17 heavy (non-hydrogen) atoms. The van der Waals surface area contributed by atoms with Gasteiger partial charge in [-0.25, -0.2) is 0 Å². The van der Waals surface area contributed by atoms with Crippen LogP contribution in [0.15, 0.2) is 36.7 Å². The van der Waals surface area contributed by atoms with Gasteiger partial charge in [0.05, 0.1) is 6.42 Å². The number of carboxylic acid groups (broad SMARTS) is 1. The highest BCUT2D eigenvalue weighted by Gasteiger charge is 2.13. The summed E-state index contributed by atoms with van der Waals surface area (Å²) in [4.78, 5) is 17.0. The van der Waals surface area contributed by atoms with E-state index >= 15 is 0 Å². The quantitative estimate of drug-likeness (QED) is 0.901. The van der Waals surface area contributed by atoms with E-state index < -0.39 is 5.97 Å². The summed E-state index contributed by atoms with van der Waals surface area (Å²) < 4.78 is 0. The Hall–Kier alpha value is -1.68. The molecular weight excluding hydrogens is 234 g/mol. The van der Waals surface area contributed by atoms with Gasteiger partial charge in [0.1, 0.15) is 0 Å². The summed E-state index contributed by atoms with van der Waals surface area (Å²) in [6, 6.07) is 7.93. The van der Waals surface area contributed by atoms with E-state index in [4.69, 9.17) is 5.11 Å². The molecule has 2 aromatic heterocycles. The van der Waals surface area contributed by atoms with Crippen molar-refractivity contribution in [3.05, 3.63) is 41.5 Å². The number of aliphatic carboxylic acids is 1. The molecule has 0 saturated carbocycles. The van der Waals surface area contributed by atoms with Gasteiger partial charge in [0.25, 0.3) is 0 Å². The van der Waals surface area contributed by atoms with Crippen molar-refractivity contribution >= 4 is 17.3 Å². The fourth-order valence-corrected chi connectivity index (χ4v) is 2.69. The first-order valence-electron chi connectivity index (χ1n) is 5.38. The van der Waals surface area contributed by atoms with E-state index in [1.807, 2.05) is 37.4 Å². The Labute approximate surface area is 104 Å². The Morgan fingerprint density at radius 2 is 2.29 bits per heavy atom. The van der Waals surface area contributed by atoms with E-state index in [1.54, 1.807) is 17.5 Å². The van der Waals surface area contributed by atoms with Gasteiger partial charge in [-0.3, -0.25) is 9.78 Å². The van der Waals surface area contributed by atoms with Gasteiger partial charge in [-0.2, -0.15) is 0 Å². The van der Waals surface area contributed by atoms with Crippen LogP contribution in [0.1, 0.15) is 24.1 Å². The van der Waals surface area contributed by atoms with E-state index in [9.17, 15) is 4.79 Å². The number of thiophene rings is 1. The van der Waals surface area contributed by atoms with Gasteiger partial charge < -0.3 is 5.11 Å². The molecule has 1 atom stereocenters. The maximum absolute atomic E-state index is 10.7. The van der Waals surface area contributed by atoms with Crippen molar-refractivity contribution in [2.75, 3.05) is 0 Å².